The van der Waals surface area contributed by atoms with Crippen molar-refractivity contribution in [3.8, 4) is 11.8 Å². The van der Waals surface area contributed by atoms with Crippen LogP contribution in [0.1, 0.15) is 146 Å². The van der Waals surface area contributed by atoms with Gasteiger partial charge in [0.15, 0.2) is 5.82 Å². The molecule has 0 aliphatic carbocycles. The fourth-order valence-corrected chi connectivity index (χ4v) is 7.96. The number of methoxy groups -OCH3 is 1. The smallest absolute Gasteiger partial charge is 0.472 e. The van der Waals surface area contributed by atoms with Gasteiger partial charge in [-0.2, -0.15) is 10.4 Å². The molecule has 0 amide bonds. The van der Waals surface area contributed by atoms with Gasteiger partial charge in [-0.15, -0.1) is 0 Å². The van der Waals surface area contributed by atoms with Gasteiger partial charge in [-0.3, -0.25) is 9.05 Å². The van der Waals surface area contributed by atoms with E-state index >= 15 is 0 Å². The molecule has 4 N–H and O–H groups in total. The lowest BCUT2D eigenvalue weighted by atomic mass is 9.99. The normalized spacial score (nSPS) is 19.8. The third-order valence-electron chi connectivity index (χ3n) is 10.7. The van der Waals surface area contributed by atoms with Gasteiger partial charge in [0.05, 0.1) is 57.0 Å². The fraction of sp³-hybridized carbons (Fsp3) is 0.690. The van der Waals surface area contributed by atoms with Crippen LogP contribution >= 0.6 is 7.82 Å². The van der Waals surface area contributed by atoms with Crippen LogP contribution in [0.5, 0.6) is 5.75 Å². The van der Waals surface area contributed by atoms with Crippen molar-refractivity contribution >= 4 is 19.2 Å². The highest BCUT2D eigenvalue weighted by molar-refractivity contribution is 7.47. The molecule has 1 aliphatic heterocycles. The van der Waals surface area contributed by atoms with E-state index in [1.54, 1.807) is 41.8 Å². The van der Waals surface area contributed by atoms with E-state index in [-0.39, 0.29) is 26.2 Å². The van der Waals surface area contributed by atoms with Gasteiger partial charge < -0.3 is 34.7 Å². The fourth-order valence-electron chi connectivity index (χ4n) is 7.11. The maximum Gasteiger partial charge on any atom is 0.472 e. The summed E-state index contributed by atoms with van der Waals surface area (Å²) in [5.74, 6) is 0.799. The molecule has 0 radical (unpaired) electrons. The van der Waals surface area contributed by atoms with Crippen LogP contribution in [0.2, 0.25) is 0 Å². The molecule has 57 heavy (non-hydrogen) atoms. The zero-order chi connectivity index (χ0) is 40.9. The van der Waals surface area contributed by atoms with Gasteiger partial charge in [-0.05, 0) is 37.6 Å². The largest absolute Gasteiger partial charge is 0.496 e. The van der Waals surface area contributed by atoms with E-state index in [2.05, 4.69) is 23.1 Å². The van der Waals surface area contributed by atoms with Crippen molar-refractivity contribution in [3.63, 3.8) is 0 Å². The maximum absolute atomic E-state index is 13.1. The average Bonchev–Trinajstić information content (AvgIpc) is 3.78. The highest BCUT2D eigenvalue weighted by atomic mass is 31.2. The quantitative estimate of drug-likeness (QED) is 0.0428. The van der Waals surface area contributed by atoms with E-state index < -0.39 is 38.3 Å². The Morgan fingerprint density at radius 3 is 2.26 bits per heavy atom. The number of aromatic nitrogens is 3. The van der Waals surface area contributed by atoms with Gasteiger partial charge in [0.2, 0.25) is 0 Å². The minimum absolute atomic E-state index is 0.0897. The number of phosphoric acid groups is 1. The summed E-state index contributed by atoms with van der Waals surface area (Å²) in [7, 11) is -3.11. The van der Waals surface area contributed by atoms with Crippen LogP contribution in [0, 0.1) is 11.3 Å². The van der Waals surface area contributed by atoms with E-state index in [9.17, 15) is 19.8 Å². The second kappa shape index (κ2) is 24.7. The van der Waals surface area contributed by atoms with Crippen LogP contribution < -0.4 is 10.5 Å². The molecular formula is C42H66N5O9P. The second-order valence-electron chi connectivity index (χ2n) is 15.4. The van der Waals surface area contributed by atoms with Crippen molar-refractivity contribution in [3.05, 3.63) is 53.5 Å². The van der Waals surface area contributed by atoms with Crippen molar-refractivity contribution in [2.75, 3.05) is 39.3 Å². The molecule has 0 spiro atoms. The monoisotopic (exact) mass is 815 g/mol. The highest BCUT2D eigenvalue weighted by Crippen LogP contribution is 2.47. The Morgan fingerprint density at radius 2 is 1.63 bits per heavy atom. The standard InChI is InChI=1S/C42H66N5O9P/c1-4-5-6-7-8-9-10-11-12-13-14-15-16-17-18-19-24-52-29-35(53-28-34-21-20-33(27-43)25-38(34)51-3)30-54-57(49,50)55-31-42(2)40(48)26-39(56-42)36-22-23-37-41(44)45-32-46-47(36)37/h20-23,25,32,35,39-40,48H,4-19,24,26,28-31H2,1-3H3,(H,49,50)(H2,44,45,46)/t35-,39-,40+,42-/m1/s1. The average molecular weight is 816 g/mol. The SMILES string of the molecule is CCCCCCCCCCCCCCCCCCOC[C@H](COP(=O)(O)OC[C@@]1(C)O[C@@H](c2ccc3c(N)ncnn23)C[C@@H]1O)OCc1ccc(C#N)cc1OC. The molecule has 3 heterocycles. The summed E-state index contributed by atoms with van der Waals surface area (Å²) in [6.45, 7) is 3.90. The van der Waals surface area contributed by atoms with Crippen LogP contribution in [-0.4, -0.2) is 75.9 Å². The van der Waals surface area contributed by atoms with Gasteiger partial charge >= 0.3 is 7.82 Å². The molecule has 3 aromatic rings. The number of nitriles is 1. The molecule has 0 bridgehead atoms. The number of ether oxygens (including phenoxy) is 4. The molecule has 1 aliphatic rings. The Hall–Kier alpha value is -3.12. The molecule has 1 aromatic carbocycles. The van der Waals surface area contributed by atoms with E-state index in [0.717, 1.165) is 19.3 Å². The molecule has 1 fully saturated rings. The first-order chi connectivity index (χ1) is 27.6. The number of hydrogen-bond acceptors (Lipinski definition) is 12. The molecule has 0 saturated carbocycles. The number of nitrogen functional groups attached to an aromatic ring is 1. The van der Waals surface area contributed by atoms with Crippen molar-refractivity contribution in [2.24, 2.45) is 0 Å². The number of aliphatic hydroxyl groups excluding tert-OH is 1. The Balaban J connectivity index is 1.18. The summed E-state index contributed by atoms with van der Waals surface area (Å²) in [6, 6.07) is 10.7. The Kier molecular flexibility index (Phi) is 20.2. The second-order valence-corrected chi connectivity index (χ2v) is 16.8. The number of hydrogen-bond donors (Lipinski definition) is 3. The maximum atomic E-state index is 13.1. The minimum Gasteiger partial charge on any atom is -0.496 e. The van der Waals surface area contributed by atoms with Crippen molar-refractivity contribution in [1.29, 1.82) is 5.26 Å². The van der Waals surface area contributed by atoms with Gasteiger partial charge in [0.25, 0.3) is 0 Å². The summed E-state index contributed by atoms with van der Waals surface area (Å²) in [4.78, 5) is 14.7. The lowest BCUT2D eigenvalue weighted by Crippen LogP contribution is -2.40. The minimum atomic E-state index is -4.62. The highest BCUT2D eigenvalue weighted by Gasteiger charge is 2.47. The molecule has 4 rings (SSSR count). The van der Waals surface area contributed by atoms with Crippen LogP contribution in [0.4, 0.5) is 5.82 Å². The molecule has 2 aromatic heterocycles. The Morgan fingerprint density at radius 1 is 0.982 bits per heavy atom. The number of fused-ring (bicyclic) bond motifs is 1. The Labute approximate surface area is 339 Å². The van der Waals surface area contributed by atoms with Crippen molar-refractivity contribution < 1.29 is 42.6 Å². The first-order valence-electron chi connectivity index (χ1n) is 20.9. The van der Waals surface area contributed by atoms with Crippen LogP contribution in [0.3, 0.4) is 0 Å². The van der Waals surface area contributed by atoms with Gasteiger partial charge in [-0.1, -0.05) is 109 Å². The number of unbranched alkanes of at least 4 members (excludes halogenated alkanes) is 15. The number of benzene rings is 1. The number of nitrogens with zero attached hydrogens (tertiary/aromatic N) is 4. The third-order valence-corrected chi connectivity index (χ3v) is 11.6. The number of anilines is 1. The first-order valence-corrected chi connectivity index (χ1v) is 22.4. The van der Waals surface area contributed by atoms with Crippen molar-refractivity contribution in [2.45, 2.75) is 154 Å². The zero-order valence-electron chi connectivity index (χ0n) is 34.3. The molecule has 5 atom stereocenters. The number of aliphatic hydroxyl groups is 1. The predicted molar refractivity (Wildman–Crippen MR) is 219 cm³/mol. The third kappa shape index (κ3) is 15.5. The van der Waals surface area contributed by atoms with Crippen LogP contribution in [0.15, 0.2) is 36.7 Å². The van der Waals surface area contributed by atoms with Gasteiger partial charge in [-0.25, -0.2) is 14.1 Å². The summed E-state index contributed by atoms with van der Waals surface area (Å²) in [5.41, 5.74) is 7.07. The lowest BCUT2D eigenvalue weighted by molar-refractivity contribution is -0.101. The van der Waals surface area contributed by atoms with Gasteiger partial charge in [0, 0.05) is 18.6 Å². The summed E-state index contributed by atoms with van der Waals surface area (Å²) < 4.78 is 49.2. The first kappa shape index (κ1) is 46.6. The molecule has 318 valence electrons. The van der Waals surface area contributed by atoms with Gasteiger partial charge in [0.1, 0.15) is 35.4 Å². The van der Waals surface area contributed by atoms with E-state index in [1.807, 2.05) is 0 Å². The molecule has 1 unspecified atom stereocenters. The molecule has 15 heteroatoms. The van der Waals surface area contributed by atoms with E-state index in [1.165, 1.54) is 96.9 Å². The lowest BCUT2D eigenvalue weighted by Gasteiger charge is -2.28. The number of nitrogens with two attached hydrogens (primary N) is 1. The Bertz CT molecular complexity index is 1700. The van der Waals surface area contributed by atoms with Crippen molar-refractivity contribution in [1.82, 2.24) is 14.6 Å². The van der Waals surface area contributed by atoms with Crippen LogP contribution in [-0.2, 0) is 34.4 Å². The zero-order valence-corrected chi connectivity index (χ0v) is 35.2. The van der Waals surface area contributed by atoms with Crippen LogP contribution in [0.25, 0.3) is 5.52 Å². The van der Waals surface area contributed by atoms with E-state index in [0.29, 0.717) is 40.5 Å². The number of rotatable bonds is 30. The van der Waals surface area contributed by atoms with E-state index in [4.69, 9.17) is 33.7 Å². The predicted octanol–water partition coefficient (Wildman–Crippen LogP) is 8.77. The topological polar surface area (TPSA) is 193 Å². The summed E-state index contributed by atoms with van der Waals surface area (Å²) in [5, 5.41) is 24.5. The number of phosphoric ester groups is 1. The molecular weight excluding hydrogens is 749 g/mol. The molecule has 1 saturated heterocycles. The molecule has 14 nitrogen and oxygen atoms in total. The summed E-state index contributed by atoms with van der Waals surface area (Å²) in [6.07, 6.45) is 19.8. The summed E-state index contributed by atoms with van der Waals surface area (Å²) >= 11 is 0.